The summed E-state index contributed by atoms with van der Waals surface area (Å²) in [6.07, 6.45) is 8.02. The fourth-order valence-corrected chi connectivity index (χ4v) is 3.45. The molecule has 2 fully saturated rings. The van der Waals surface area contributed by atoms with E-state index in [2.05, 4.69) is 21.5 Å². The van der Waals surface area contributed by atoms with Gasteiger partial charge in [0.05, 0.1) is 12.7 Å². The van der Waals surface area contributed by atoms with Gasteiger partial charge in [-0.25, -0.2) is 4.39 Å². The van der Waals surface area contributed by atoms with Crippen LogP contribution >= 0.6 is 0 Å². The number of nitrogens with zero attached hydrogens (tertiary/aromatic N) is 3. The van der Waals surface area contributed by atoms with Gasteiger partial charge in [0.25, 0.3) is 0 Å². The summed E-state index contributed by atoms with van der Waals surface area (Å²) in [5.74, 6) is -0.194. The molecule has 1 aromatic heterocycles. The fraction of sp³-hybridized carbons (Fsp3) is 0.500. The van der Waals surface area contributed by atoms with Gasteiger partial charge in [-0.1, -0.05) is 12.1 Å². The van der Waals surface area contributed by atoms with Gasteiger partial charge in [0, 0.05) is 36.9 Å². The van der Waals surface area contributed by atoms with E-state index in [1.807, 2.05) is 23.0 Å². The van der Waals surface area contributed by atoms with E-state index in [4.69, 9.17) is 0 Å². The van der Waals surface area contributed by atoms with E-state index in [1.54, 1.807) is 0 Å². The van der Waals surface area contributed by atoms with Gasteiger partial charge in [0.2, 0.25) is 0 Å². The third-order valence-electron chi connectivity index (χ3n) is 4.83. The maximum atomic E-state index is 13.0. The van der Waals surface area contributed by atoms with E-state index >= 15 is 0 Å². The molecule has 2 aliphatic rings. The predicted octanol–water partition coefficient (Wildman–Crippen LogP) is 2.40. The van der Waals surface area contributed by atoms with Gasteiger partial charge in [-0.05, 0) is 43.5 Å². The number of halogens is 1. The minimum absolute atomic E-state index is 0.194. The summed E-state index contributed by atoms with van der Waals surface area (Å²) in [4.78, 5) is 2.65. The summed E-state index contributed by atoms with van der Waals surface area (Å²) in [5.41, 5.74) is 2.34. The second-order valence-electron chi connectivity index (χ2n) is 6.72. The first-order chi connectivity index (χ1) is 11.3. The summed E-state index contributed by atoms with van der Waals surface area (Å²) in [6.45, 7) is 3.92. The molecule has 1 unspecified atom stereocenters. The Morgan fingerprint density at radius 3 is 2.65 bits per heavy atom. The van der Waals surface area contributed by atoms with Crippen LogP contribution in [0.3, 0.4) is 0 Å². The molecular weight excluding hydrogens is 291 g/mol. The highest BCUT2D eigenvalue weighted by atomic mass is 19.1. The second-order valence-corrected chi connectivity index (χ2v) is 6.72. The summed E-state index contributed by atoms with van der Waals surface area (Å²) in [5, 5.41) is 7.94. The van der Waals surface area contributed by atoms with Crippen molar-refractivity contribution in [3.63, 3.8) is 0 Å². The van der Waals surface area contributed by atoms with Crippen LogP contribution in [0.5, 0.6) is 0 Å². The third-order valence-corrected chi connectivity index (χ3v) is 4.83. The van der Waals surface area contributed by atoms with Crippen molar-refractivity contribution in [1.82, 2.24) is 20.0 Å². The van der Waals surface area contributed by atoms with Crippen molar-refractivity contribution in [2.45, 2.75) is 44.4 Å². The lowest BCUT2D eigenvalue weighted by molar-refractivity contribution is 0.189. The standard InChI is InChI=1S/C18H23FN4/c19-16-3-1-14(2-4-16)11-22-12-15(9-21-22)13-23(17-5-6-17)18-7-8-20-10-18/h1-4,9,12,17-18,20H,5-8,10-11,13H2. The first-order valence-corrected chi connectivity index (χ1v) is 8.50. The van der Waals surface area contributed by atoms with Gasteiger partial charge >= 0.3 is 0 Å². The quantitative estimate of drug-likeness (QED) is 0.889. The molecular formula is C18H23FN4. The van der Waals surface area contributed by atoms with E-state index in [-0.39, 0.29) is 5.82 Å². The van der Waals surface area contributed by atoms with Crippen LogP contribution in [0.15, 0.2) is 36.7 Å². The number of rotatable bonds is 6. The molecule has 2 heterocycles. The average molecular weight is 314 g/mol. The highest BCUT2D eigenvalue weighted by molar-refractivity contribution is 5.17. The lowest BCUT2D eigenvalue weighted by Crippen LogP contribution is -2.37. The van der Waals surface area contributed by atoms with E-state index in [0.717, 1.165) is 31.2 Å². The third kappa shape index (κ3) is 3.62. The van der Waals surface area contributed by atoms with Gasteiger partial charge < -0.3 is 5.32 Å². The molecule has 23 heavy (non-hydrogen) atoms. The maximum Gasteiger partial charge on any atom is 0.123 e. The number of hydrogen-bond donors (Lipinski definition) is 1. The maximum absolute atomic E-state index is 13.0. The zero-order valence-corrected chi connectivity index (χ0v) is 13.3. The Labute approximate surface area is 136 Å². The molecule has 1 saturated carbocycles. The minimum atomic E-state index is -0.194. The largest absolute Gasteiger partial charge is 0.315 e. The van der Waals surface area contributed by atoms with Crippen LogP contribution in [-0.2, 0) is 13.1 Å². The summed E-state index contributed by atoms with van der Waals surface area (Å²) in [7, 11) is 0. The van der Waals surface area contributed by atoms with Gasteiger partial charge in [-0.2, -0.15) is 5.10 Å². The highest BCUT2D eigenvalue weighted by Crippen LogP contribution is 2.31. The van der Waals surface area contributed by atoms with Gasteiger partial charge in [-0.15, -0.1) is 0 Å². The van der Waals surface area contributed by atoms with Gasteiger partial charge in [-0.3, -0.25) is 9.58 Å². The predicted molar refractivity (Wildman–Crippen MR) is 87.6 cm³/mol. The molecule has 0 spiro atoms. The molecule has 0 bridgehead atoms. The fourth-order valence-electron chi connectivity index (χ4n) is 3.45. The number of aromatic nitrogens is 2. The molecule has 0 amide bonds. The Kier molecular flexibility index (Phi) is 4.14. The van der Waals surface area contributed by atoms with Crippen molar-refractivity contribution < 1.29 is 4.39 Å². The molecule has 122 valence electrons. The van der Waals surface area contributed by atoms with Crippen molar-refractivity contribution in [2.24, 2.45) is 0 Å². The Bertz CT molecular complexity index is 641. The Balaban J connectivity index is 1.41. The molecule has 1 aliphatic carbocycles. The molecule has 1 N–H and O–H groups in total. The van der Waals surface area contributed by atoms with Crippen LogP contribution < -0.4 is 5.32 Å². The molecule has 5 heteroatoms. The topological polar surface area (TPSA) is 33.1 Å². The number of nitrogens with one attached hydrogen (secondary N) is 1. The molecule has 4 rings (SSSR count). The first kappa shape index (κ1) is 14.8. The Morgan fingerprint density at radius 1 is 1.13 bits per heavy atom. The molecule has 1 aromatic carbocycles. The SMILES string of the molecule is Fc1ccc(Cn2cc(CN(C3CC3)C3CCNC3)cn2)cc1. The molecule has 1 atom stereocenters. The Morgan fingerprint density at radius 2 is 1.96 bits per heavy atom. The van der Waals surface area contributed by atoms with Crippen LogP contribution in [-0.4, -0.2) is 39.9 Å². The lowest BCUT2D eigenvalue weighted by atomic mass is 10.2. The zero-order valence-electron chi connectivity index (χ0n) is 13.3. The molecule has 1 aliphatic heterocycles. The van der Waals surface area contributed by atoms with Gasteiger partial charge in [0.1, 0.15) is 5.82 Å². The van der Waals surface area contributed by atoms with Crippen LogP contribution in [0.2, 0.25) is 0 Å². The molecule has 1 saturated heterocycles. The van der Waals surface area contributed by atoms with E-state index in [9.17, 15) is 4.39 Å². The normalized spacial score (nSPS) is 21.2. The minimum Gasteiger partial charge on any atom is -0.315 e. The summed E-state index contributed by atoms with van der Waals surface area (Å²) >= 11 is 0. The molecule has 4 nitrogen and oxygen atoms in total. The number of benzene rings is 1. The average Bonchev–Trinajstić information content (AvgIpc) is 3.07. The smallest absolute Gasteiger partial charge is 0.123 e. The van der Waals surface area contributed by atoms with E-state index in [0.29, 0.717) is 12.6 Å². The molecule has 2 aromatic rings. The van der Waals surface area contributed by atoms with Crippen molar-refractivity contribution in [3.05, 3.63) is 53.6 Å². The summed E-state index contributed by atoms with van der Waals surface area (Å²) in [6, 6.07) is 8.07. The van der Waals surface area contributed by atoms with Crippen LogP contribution in [0, 0.1) is 5.82 Å². The van der Waals surface area contributed by atoms with Crippen LogP contribution in [0.1, 0.15) is 30.4 Å². The van der Waals surface area contributed by atoms with Gasteiger partial charge in [0.15, 0.2) is 0 Å². The number of hydrogen-bond acceptors (Lipinski definition) is 3. The highest BCUT2D eigenvalue weighted by Gasteiger charge is 2.35. The Hall–Kier alpha value is -1.72. The van der Waals surface area contributed by atoms with E-state index in [1.165, 1.54) is 37.0 Å². The lowest BCUT2D eigenvalue weighted by Gasteiger charge is -2.27. The van der Waals surface area contributed by atoms with Crippen molar-refractivity contribution in [2.75, 3.05) is 13.1 Å². The van der Waals surface area contributed by atoms with Crippen LogP contribution in [0.4, 0.5) is 4.39 Å². The summed E-state index contributed by atoms with van der Waals surface area (Å²) < 4.78 is 14.9. The van der Waals surface area contributed by atoms with Crippen molar-refractivity contribution in [3.8, 4) is 0 Å². The van der Waals surface area contributed by atoms with Crippen molar-refractivity contribution in [1.29, 1.82) is 0 Å². The zero-order chi connectivity index (χ0) is 15.6. The molecule has 0 radical (unpaired) electrons. The van der Waals surface area contributed by atoms with Crippen molar-refractivity contribution >= 4 is 0 Å². The van der Waals surface area contributed by atoms with E-state index < -0.39 is 0 Å². The van der Waals surface area contributed by atoms with Crippen LogP contribution in [0.25, 0.3) is 0 Å². The first-order valence-electron chi connectivity index (χ1n) is 8.50. The second kappa shape index (κ2) is 6.42. The monoisotopic (exact) mass is 314 g/mol.